The predicted octanol–water partition coefficient (Wildman–Crippen LogP) is 2.29. The molecule has 38 valence electrons. The lowest BCUT2D eigenvalue weighted by Gasteiger charge is -1.94. The number of hydrogen-bond donors (Lipinski definition) is 0. The molecule has 1 aromatic heterocycles. The molecular formula is C5H6PS-. The van der Waals surface area contributed by atoms with Gasteiger partial charge in [0.25, 0.3) is 0 Å². The molecule has 0 saturated carbocycles. The van der Waals surface area contributed by atoms with Crippen molar-refractivity contribution in [3.63, 3.8) is 0 Å². The van der Waals surface area contributed by atoms with Gasteiger partial charge in [-0.05, 0) is 12.5 Å². The van der Waals surface area contributed by atoms with Crippen LogP contribution in [0.4, 0.5) is 0 Å². The maximum absolute atomic E-state index is 4.98. The zero-order valence-corrected chi connectivity index (χ0v) is 5.80. The third-order valence-electron chi connectivity index (χ3n) is 0.815. The van der Waals surface area contributed by atoms with Gasteiger partial charge >= 0.3 is 0 Å². The Kier molecular flexibility index (Phi) is 1.46. The van der Waals surface area contributed by atoms with Gasteiger partial charge in [-0.1, -0.05) is 17.7 Å². The van der Waals surface area contributed by atoms with E-state index >= 15 is 0 Å². The van der Waals surface area contributed by atoms with Crippen LogP contribution in [0, 0.1) is 6.92 Å². The van der Waals surface area contributed by atoms with Crippen LogP contribution in [0.1, 0.15) is 5.56 Å². The number of rotatable bonds is 0. The summed E-state index contributed by atoms with van der Waals surface area (Å²) in [6.07, 6.45) is 0. The van der Waals surface area contributed by atoms with Gasteiger partial charge in [-0.2, -0.15) is 0 Å². The Morgan fingerprint density at radius 2 is 2.43 bits per heavy atom. The Balaban J connectivity index is 3.04. The lowest BCUT2D eigenvalue weighted by atomic mass is 10.4. The second-order valence-electron chi connectivity index (χ2n) is 1.55. The molecule has 1 atom stereocenters. The normalized spacial score (nSPS) is 12.0. The second kappa shape index (κ2) is 1.94. The Morgan fingerprint density at radius 1 is 1.71 bits per heavy atom. The molecule has 0 amide bonds. The van der Waals surface area contributed by atoms with E-state index in [1.165, 1.54) is 5.56 Å². The maximum atomic E-state index is 4.98. The molecule has 2 heteroatoms. The molecule has 1 unspecified atom stereocenters. The fourth-order valence-electron chi connectivity index (χ4n) is 0.478. The highest BCUT2D eigenvalue weighted by atomic mass is 32.7. The predicted molar refractivity (Wildman–Crippen MR) is 36.7 cm³/mol. The van der Waals surface area contributed by atoms with Gasteiger partial charge < -0.3 is 12.2 Å². The van der Waals surface area contributed by atoms with E-state index in [2.05, 4.69) is 24.6 Å². The van der Waals surface area contributed by atoms with E-state index in [1.54, 1.807) is 0 Å². The minimum absolute atomic E-state index is 0.264. The molecule has 0 radical (unpaired) electrons. The molecule has 1 aromatic rings. The van der Waals surface area contributed by atoms with Crippen LogP contribution < -0.4 is 0 Å². The van der Waals surface area contributed by atoms with Gasteiger partial charge in [-0.3, -0.25) is 6.74 Å². The van der Waals surface area contributed by atoms with E-state index in [0.717, 1.165) is 0 Å². The summed E-state index contributed by atoms with van der Waals surface area (Å²) in [6.45, 7) is 1.81. The summed E-state index contributed by atoms with van der Waals surface area (Å²) in [4.78, 5) is 0. The van der Waals surface area contributed by atoms with Gasteiger partial charge in [0.2, 0.25) is 0 Å². The Hall–Kier alpha value is 0.130. The summed E-state index contributed by atoms with van der Waals surface area (Å²) in [5, 5.41) is 0. The van der Waals surface area contributed by atoms with E-state index in [4.69, 9.17) is 12.2 Å². The Morgan fingerprint density at radius 3 is 2.57 bits per heavy atom. The largest absolute Gasteiger partial charge is 0.730 e. The van der Waals surface area contributed by atoms with Crippen molar-refractivity contribution in [3.05, 3.63) is 23.2 Å². The summed E-state index contributed by atoms with van der Waals surface area (Å²) < 4.78 is 0. The van der Waals surface area contributed by atoms with Crippen LogP contribution >= 0.6 is 6.74 Å². The molecule has 0 nitrogen and oxygen atoms in total. The summed E-state index contributed by atoms with van der Waals surface area (Å²) in [5.41, 5.74) is 1.32. The van der Waals surface area contributed by atoms with Crippen molar-refractivity contribution in [1.29, 1.82) is 0 Å². The van der Waals surface area contributed by atoms with Crippen LogP contribution in [0.5, 0.6) is 0 Å². The number of hydrogen-bond acceptors (Lipinski definition) is 1. The average molecular weight is 129 g/mol. The Bertz CT molecular complexity index is 140. The van der Waals surface area contributed by atoms with E-state index < -0.39 is 0 Å². The standard InChI is InChI=1S/C5H6PS/c1-5-2-3-6(7)4-5/h2-4H,1H3/q-1. The third-order valence-corrected chi connectivity index (χ3v) is 2.60. The summed E-state index contributed by atoms with van der Waals surface area (Å²) in [6, 6.07) is 2.08. The van der Waals surface area contributed by atoms with Crippen molar-refractivity contribution in [3.8, 4) is 0 Å². The van der Waals surface area contributed by atoms with E-state index in [0.29, 0.717) is 0 Å². The van der Waals surface area contributed by atoms with Gasteiger partial charge in [0.05, 0.1) is 0 Å². The fourth-order valence-corrected chi connectivity index (χ4v) is 2.11. The van der Waals surface area contributed by atoms with Crippen molar-refractivity contribution in [2.75, 3.05) is 0 Å². The van der Waals surface area contributed by atoms with Crippen molar-refractivity contribution in [1.82, 2.24) is 0 Å². The summed E-state index contributed by atoms with van der Waals surface area (Å²) >= 11 is 4.98. The first-order valence-electron chi connectivity index (χ1n) is 2.11. The molecule has 0 spiro atoms. The molecule has 0 fully saturated rings. The van der Waals surface area contributed by atoms with Gasteiger partial charge in [-0.25, -0.2) is 0 Å². The first-order valence-corrected chi connectivity index (χ1v) is 4.60. The molecule has 0 aliphatic rings. The monoisotopic (exact) mass is 129 g/mol. The maximum Gasteiger partial charge on any atom is -0.0395 e. The van der Waals surface area contributed by atoms with Gasteiger partial charge in [0.1, 0.15) is 0 Å². The minimum atomic E-state index is -0.264. The summed E-state index contributed by atoms with van der Waals surface area (Å²) in [7, 11) is 0. The summed E-state index contributed by atoms with van der Waals surface area (Å²) in [5.74, 6) is 4.21. The smallest absolute Gasteiger partial charge is 0.0395 e. The van der Waals surface area contributed by atoms with Gasteiger partial charge in [0, 0.05) is 0 Å². The fraction of sp³-hybridized carbons (Fsp3) is 0.200. The average Bonchev–Trinajstić information content (AvgIpc) is 1.87. The third kappa shape index (κ3) is 1.25. The van der Waals surface area contributed by atoms with Gasteiger partial charge in [-0.15, -0.1) is 0 Å². The molecule has 0 bridgehead atoms. The van der Waals surface area contributed by atoms with Gasteiger partial charge in [0.15, 0.2) is 0 Å². The van der Waals surface area contributed by atoms with Crippen LogP contribution in [0.2, 0.25) is 0 Å². The van der Waals surface area contributed by atoms with Crippen LogP contribution in [0.25, 0.3) is 0 Å². The van der Waals surface area contributed by atoms with Crippen molar-refractivity contribution < 1.29 is 0 Å². The highest BCUT2D eigenvalue weighted by molar-refractivity contribution is 8.29. The lowest BCUT2D eigenvalue weighted by Crippen LogP contribution is -1.48. The van der Waals surface area contributed by atoms with E-state index in [1.807, 2.05) is 0 Å². The molecule has 0 saturated heterocycles. The molecule has 0 aliphatic carbocycles. The first-order chi connectivity index (χ1) is 3.29. The lowest BCUT2D eigenvalue weighted by molar-refractivity contribution is 1.56. The van der Waals surface area contributed by atoms with Crippen LogP contribution in [0.15, 0.2) is 17.7 Å². The molecule has 0 aromatic carbocycles. The molecule has 0 aliphatic heterocycles. The van der Waals surface area contributed by atoms with Crippen LogP contribution in [0.3, 0.4) is 0 Å². The first kappa shape index (κ1) is 5.27. The molecule has 0 N–H and O–H groups in total. The number of aryl methyl sites for hydroxylation is 1. The quantitative estimate of drug-likeness (QED) is 0.484. The molecular weight excluding hydrogens is 123 g/mol. The molecule has 1 rings (SSSR count). The van der Waals surface area contributed by atoms with Crippen LogP contribution in [-0.2, 0) is 12.2 Å². The highest BCUT2D eigenvalue weighted by Crippen LogP contribution is 2.24. The zero-order chi connectivity index (χ0) is 5.28. The van der Waals surface area contributed by atoms with Crippen molar-refractivity contribution in [2.45, 2.75) is 6.92 Å². The Labute approximate surface area is 49.8 Å². The van der Waals surface area contributed by atoms with E-state index in [9.17, 15) is 0 Å². The van der Waals surface area contributed by atoms with Crippen LogP contribution in [-0.4, -0.2) is 0 Å². The highest BCUT2D eigenvalue weighted by Gasteiger charge is 1.76. The topological polar surface area (TPSA) is 0 Å². The van der Waals surface area contributed by atoms with Crippen molar-refractivity contribution in [2.24, 2.45) is 0 Å². The SMILES string of the molecule is Cc1ccp([S-])c1. The molecule has 1 heterocycles. The van der Waals surface area contributed by atoms with E-state index in [-0.39, 0.29) is 6.74 Å². The van der Waals surface area contributed by atoms with Crippen molar-refractivity contribution >= 4 is 19.0 Å². The molecule has 7 heavy (non-hydrogen) atoms. The second-order valence-corrected chi connectivity index (χ2v) is 4.09. The zero-order valence-electron chi connectivity index (χ0n) is 4.09. The minimum Gasteiger partial charge on any atom is -0.730 e.